The number of ether oxygens (including phenoxy) is 2. The first kappa shape index (κ1) is 23.0. The third-order valence-electron chi connectivity index (χ3n) is 4.54. The Kier molecular flexibility index (Phi) is 7.57. The summed E-state index contributed by atoms with van der Waals surface area (Å²) in [5.41, 5.74) is 3.37. The molecule has 0 saturated heterocycles. The van der Waals surface area contributed by atoms with Crippen LogP contribution in [0.15, 0.2) is 60.7 Å². The zero-order valence-electron chi connectivity index (χ0n) is 17.6. The number of aromatic carboxylic acids is 1. The number of anilines is 2. The first-order valence-corrected chi connectivity index (χ1v) is 10.2. The molecule has 8 heteroatoms. The largest absolute Gasteiger partial charge is 0.493 e. The van der Waals surface area contributed by atoms with Gasteiger partial charge in [-0.2, -0.15) is 0 Å². The highest BCUT2D eigenvalue weighted by Gasteiger charge is 2.14. The van der Waals surface area contributed by atoms with Crippen molar-refractivity contribution in [1.29, 1.82) is 0 Å². The van der Waals surface area contributed by atoms with Crippen LogP contribution in [0.25, 0.3) is 0 Å². The summed E-state index contributed by atoms with van der Waals surface area (Å²) in [4.78, 5) is 23.4. The average Bonchev–Trinajstić information content (AvgIpc) is 2.76. The topological polar surface area (TPSA) is 96.9 Å². The van der Waals surface area contributed by atoms with Crippen LogP contribution in [0.5, 0.6) is 11.5 Å². The first-order chi connectivity index (χ1) is 15.4. The molecule has 0 radical (unpaired) electrons. The fourth-order valence-corrected chi connectivity index (χ4v) is 3.33. The minimum atomic E-state index is -0.994. The molecule has 3 aromatic rings. The van der Waals surface area contributed by atoms with Gasteiger partial charge in [0.05, 0.1) is 17.7 Å². The number of aryl methyl sites for hydroxylation is 1. The Hall–Kier alpha value is -3.71. The molecule has 0 unspecified atom stereocenters. The summed E-state index contributed by atoms with van der Waals surface area (Å²) in [6, 6.07) is 17.4. The van der Waals surface area contributed by atoms with E-state index in [9.17, 15) is 9.59 Å². The SMILES string of the molecule is COc1cc(CNc2cccc(C(=O)O)c2)cc(Cl)c1OCC(=O)Nc1cccc(C)c1. The van der Waals surface area contributed by atoms with E-state index in [2.05, 4.69) is 10.6 Å². The second kappa shape index (κ2) is 10.5. The van der Waals surface area contributed by atoms with Crippen molar-refractivity contribution in [2.45, 2.75) is 13.5 Å². The van der Waals surface area contributed by atoms with E-state index < -0.39 is 5.97 Å². The molecular formula is C24H23ClN2O5. The van der Waals surface area contributed by atoms with Crippen molar-refractivity contribution in [3.8, 4) is 11.5 Å². The van der Waals surface area contributed by atoms with Gasteiger partial charge in [-0.3, -0.25) is 4.79 Å². The van der Waals surface area contributed by atoms with Gasteiger partial charge in [-0.05, 0) is 60.5 Å². The van der Waals surface area contributed by atoms with Crippen molar-refractivity contribution in [2.24, 2.45) is 0 Å². The number of carbonyl (C=O) groups is 2. The van der Waals surface area contributed by atoms with Gasteiger partial charge >= 0.3 is 5.97 Å². The third-order valence-corrected chi connectivity index (χ3v) is 4.83. The minimum absolute atomic E-state index is 0.193. The van der Waals surface area contributed by atoms with Crippen molar-refractivity contribution >= 4 is 34.9 Å². The monoisotopic (exact) mass is 454 g/mol. The zero-order valence-corrected chi connectivity index (χ0v) is 18.4. The number of nitrogens with one attached hydrogen (secondary N) is 2. The number of halogens is 1. The molecule has 3 aromatic carbocycles. The van der Waals surface area contributed by atoms with Gasteiger partial charge in [-0.1, -0.05) is 29.8 Å². The van der Waals surface area contributed by atoms with Crippen LogP contribution in [-0.4, -0.2) is 30.7 Å². The van der Waals surface area contributed by atoms with Crippen molar-refractivity contribution in [2.75, 3.05) is 24.4 Å². The quantitative estimate of drug-likeness (QED) is 0.421. The Balaban J connectivity index is 1.65. The van der Waals surface area contributed by atoms with Crippen LogP contribution < -0.4 is 20.1 Å². The molecule has 0 aliphatic carbocycles. The Morgan fingerprint density at radius 2 is 1.78 bits per heavy atom. The van der Waals surface area contributed by atoms with Gasteiger partial charge in [0.15, 0.2) is 18.1 Å². The number of carboxylic acids is 1. The lowest BCUT2D eigenvalue weighted by Crippen LogP contribution is -2.20. The number of methoxy groups -OCH3 is 1. The Morgan fingerprint density at radius 1 is 1.03 bits per heavy atom. The Labute approximate surface area is 190 Å². The van der Waals surface area contributed by atoms with Gasteiger partial charge in [0.25, 0.3) is 5.91 Å². The molecule has 1 amide bonds. The van der Waals surface area contributed by atoms with Crippen molar-refractivity contribution in [1.82, 2.24) is 0 Å². The Morgan fingerprint density at radius 3 is 2.50 bits per heavy atom. The fourth-order valence-electron chi connectivity index (χ4n) is 3.04. The molecule has 166 valence electrons. The van der Waals surface area contributed by atoms with Crippen molar-refractivity contribution in [3.05, 3.63) is 82.4 Å². The van der Waals surface area contributed by atoms with E-state index in [1.165, 1.54) is 13.2 Å². The van der Waals surface area contributed by atoms with Crippen LogP contribution in [0, 0.1) is 6.92 Å². The van der Waals surface area contributed by atoms with Gasteiger partial charge < -0.3 is 25.2 Å². The van der Waals surface area contributed by atoms with Gasteiger partial charge in [0, 0.05) is 17.9 Å². The normalized spacial score (nSPS) is 10.3. The number of carbonyl (C=O) groups excluding carboxylic acids is 1. The van der Waals surface area contributed by atoms with Crippen LogP contribution >= 0.6 is 11.6 Å². The summed E-state index contributed by atoms with van der Waals surface area (Å²) in [6.45, 7) is 2.09. The highest BCUT2D eigenvalue weighted by molar-refractivity contribution is 6.32. The van der Waals surface area contributed by atoms with E-state index in [4.69, 9.17) is 26.2 Å². The maximum absolute atomic E-state index is 12.2. The standard InChI is InChI=1S/C24H23ClN2O5/c1-15-5-3-8-19(9-15)27-22(28)14-32-23-20(25)10-16(11-21(23)31-2)13-26-18-7-4-6-17(12-18)24(29)30/h3-12,26H,13-14H2,1-2H3,(H,27,28)(H,29,30). The number of hydrogen-bond donors (Lipinski definition) is 3. The highest BCUT2D eigenvalue weighted by Crippen LogP contribution is 2.36. The smallest absolute Gasteiger partial charge is 0.335 e. The summed E-state index contributed by atoms with van der Waals surface area (Å²) in [7, 11) is 1.49. The number of carboxylic acid groups (broad SMARTS) is 1. The molecule has 0 aromatic heterocycles. The van der Waals surface area contributed by atoms with Crippen molar-refractivity contribution in [3.63, 3.8) is 0 Å². The summed E-state index contributed by atoms with van der Waals surface area (Å²) < 4.78 is 11.0. The number of amides is 1. The van der Waals surface area contributed by atoms with Gasteiger partial charge in [-0.15, -0.1) is 0 Å². The van der Waals surface area contributed by atoms with Crippen molar-refractivity contribution < 1.29 is 24.2 Å². The molecule has 0 aliphatic rings. The molecule has 3 N–H and O–H groups in total. The van der Waals surface area contributed by atoms with E-state index in [-0.39, 0.29) is 23.8 Å². The van der Waals surface area contributed by atoms with Gasteiger partial charge in [0.2, 0.25) is 0 Å². The van der Waals surface area contributed by atoms with Crippen LogP contribution in [0.3, 0.4) is 0 Å². The molecular weight excluding hydrogens is 432 g/mol. The molecule has 0 atom stereocenters. The molecule has 0 bridgehead atoms. The first-order valence-electron chi connectivity index (χ1n) is 9.78. The van der Waals surface area contributed by atoms with E-state index in [1.807, 2.05) is 25.1 Å². The zero-order chi connectivity index (χ0) is 23.1. The molecule has 0 fully saturated rings. The summed E-state index contributed by atoms with van der Waals surface area (Å²) in [5.74, 6) is -0.661. The minimum Gasteiger partial charge on any atom is -0.493 e. The van der Waals surface area contributed by atoms with E-state index in [1.54, 1.807) is 36.4 Å². The molecule has 7 nitrogen and oxygen atoms in total. The van der Waals surface area contributed by atoms with E-state index in [0.717, 1.165) is 11.1 Å². The summed E-state index contributed by atoms with van der Waals surface area (Å²) >= 11 is 6.38. The van der Waals surface area contributed by atoms with Crippen LogP contribution in [0.1, 0.15) is 21.5 Å². The highest BCUT2D eigenvalue weighted by atomic mass is 35.5. The third kappa shape index (κ3) is 6.15. The average molecular weight is 455 g/mol. The maximum atomic E-state index is 12.2. The van der Waals surface area contributed by atoms with Crippen LogP contribution in [0.2, 0.25) is 5.02 Å². The fraction of sp³-hybridized carbons (Fsp3) is 0.167. The number of hydrogen-bond acceptors (Lipinski definition) is 5. The molecule has 32 heavy (non-hydrogen) atoms. The second-order valence-corrected chi connectivity index (χ2v) is 7.46. The van der Waals surface area contributed by atoms with Crippen LogP contribution in [-0.2, 0) is 11.3 Å². The maximum Gasteiger partial charge on any atom is 0.335 e. The summed E-state index contributed by atoms with van der Waals surface area (Å²) in [6.07, 6.45) is 0. The van der Waals surface area contributed by atoms with E-state index >= 15 is 0 Å². The molecule has 0 saturated carbocycles. The second-order valence-electron chi connectivity index (χ2n) is 7.05. The van der Waals surface area contributed by atoms with Crippen LogP contribution in [0.4, 0.5) is 11.4 Å². The lowest BCUT2D eigenvalue weighted by atomic mass is 10.1. The number of rotatable bonds is 9. The summed E-state index contributed by atoms with van der Waals surface area (Å²) in [5, 5.41) is 15.3. The lowest BCUT2D eigenvalue weighted by molar-refractivity contribution is -0.118. The van der Waals surface area contributed by atoms with E-state index in [0.29, 0.717) is 28.7 Å². The lowest BCUT2D eigenvalue weighted by Gasteiger charge is -2.15. The predicted octanol–water partition coefficient (Wildman–Crippen LogP) is 4.98. The number of benzene rings is 3. The molecule has 3 rings (SSSR count). The van der Waals surface area contributed by atoms with Gasteiger partial charge in [-0.25, -0.2) is 4.79 Å². The predicted molar refractivity (Wildman–Crippen MR) is 124 cm³/mol. The Bertz CT molecular complexity index is 1130. The molecule has 0 heterocycles. The van der Waals surface area contributed by atoms with Gasteiger partial charge in [0.1, 0.15) is 0 Å². The molecule has 0 spiro atoms. The molecule has 0 aliphatic heterocycles.